The molecule has 0 spiro atoms. The highest BCUT2D eigenvalue weighted by Gasteiger charge is 2.16. The minimum atomic E-state index is -0.142. The summed E-state index contributed by atoms with van der Waals surface area (Å²) in [6, 6.07) is 13.3. The van der Waals surface area contributed by atoms with Crippen LogP contribution >= 0.6 is 11.8 Å². The standard InChI is InChI=1S/C23H22N4O2S/c1-13-9-14(2)21-18(10-13)11-15(3)22-25-26-23(27(21)22)30-12-20(29)17-5-7-19(8-6-17)24-16(4)28/h5-11H,12H2,1-4H3,(H,24,28). The van der Waals surface area contributed by atoms with Gasteiger partial charge in [0.1, 0.15) is 0 Å². The van der Waals surface area contributed by atoms with Crippen molar-refractivity contribution in [1.82, 2.24) is 14.6 Å². The summed E-state index contributed by atoms with van der Waals surface area (Å²) in [7, 11) is 0. The van der Waals surface area contributed by atoms with Crippen molar-refractivity contribution in [3.63, 3.8) is 0 Å². The maximum absolute atomic E-state index is 12.7. The van der Waals surface area contributed by atoms with E-state index < -0.39 is 0 Å². The summed E-state index contributed by atoms with van der Waals surface area (Å²) in [5.41, 5.74) is 6.55. The molecule has 6 nitrogen and oxygen atoms in total. The summed E-state index contributed by atoms with van der Waals surface area (Å²) in [4.78, 5) is 23.8. The van der Waals surface area contributed by atoms with E-state index in [4.69, 9.17) is 0 Å². The van der Waals surface area contributed by atoms with Crippen molar-refractivity contribution < 1.29 is 9.59 Å². The molecule has 2 heterocycles. The van der Waals surface area contributed by atoms with Crippen LogP contribution in [0.15, 0.2) is 47.6 Å². The zero-order valence-electron chi connectivity index (χ0n) is 17.3. The van der Waals surface area contributed by atoms with Gasteiger partial charge in [0.05, 0.1) is 11.3 Å². The number of fused-ring (bicyclic) bond motifs is 3. The highest BCUT2D eigenvalue weighted by atomic mass is 32.2. The summed E-state index contributed by atoms with van der Waals surface area (Å²) in [5, 5.41) is 13.3. The molecular formula is C23H22N4O2S. The number of rotatable bonds is 5. The minimum absolute atomic E-state index is 0.00403. The Morgan fingerprint density at radius 3 is 2.43 bits per heavy atom. The molecule has 0 saturated carbocycles. The molecule has 7 heteroatoms. The second-order valence-electron chi connectivity index (χ2n) is 7.46. The summed E-state index contributed by atoms with van der Waals surface area (Å²) >= 11 is 1.38. The first-order valence-electron chi connectivity index (χ1n) is 9.63. The van der Waals surface area contributed by atoms with Gasteiger partial charge in [-0.05, 0) is 73.7 Å². The number of thioether (sulfide) groups is 1. The van der Waals surface area contributed by atoms with Crippen LogP contribution in [-0.4, -0.2) is 32.0 Å². The average Bonchev–Trinajstić information content (AvgIpc) is 3.10. The van der Waals surface area contributed by atoms with Crippen molar-refractivity contribution in [3.05, 3.63) is 64.7 Å². The third kappa shape index (κ3) is 3.80. The highest BCUT2D eigenvalue weighted by Crippen LogP contribution is 2.29. The van der Waals surface area contributed by atoms with Crippen molar-refractivity contribution in [2.24, 2.45) is 0 Å². The number of benzene rings is 2. The Labute approximate surface area is 178 Å². The van der Waals surface area contributed by atoms with Gasteiger partial charge in [0.2, 0.25) is 5.91 Å². The van der Waals surface area contributed by atoms with Gasteiger partial charge in [-0.3, -0.25) is 14.0 Å². The summed E-state index contributed by atoms with van der Waals surface area (Å²) in [6.07, 6.45) is 0. The molecule has 0 radical (unpaired) electrons. The number of hydrogen-bond donors (Lipinski definition) is 1. The number of Topliss-reactive ketones (excluding diaryl/α,β-unsaturated/α-hetero) is 1. The first-order chi connectivity index (χ1) is 14.3. The van der Waals surface area contributed by atoms with Gasteiger partial charge in [0.15, 0.2) is 16.6 Å². The van der Waals surface area contributed by atoms with Crippen molar-refractivity contribution in [3.8, 4) is 0 Å². The van der Waals surface area contributed by atoms with Gasteiger partial charge in [-0.25, -0.2) is 0 Å². The van der Waals surface area contributed by atoms with Crippen LogP contribution in [-0.2, 0) is 4.79 Å². The number of carbonyl (C=O) groups is 2. The second-order valence-corrected chi connectivity index (χ2v) is 8.40. The van der Waals surface area contributed by atoms with E-state index in [-0.39, 0.29) is 17.4 Å². The molecule has 0 aliphatic heterocycles. The first kappa shape index (κ1) is 20.1. The maximum Gasteiger partial charge on any atom is 0.221 e. The molecule has 0 bridgehead atoms. The van der Waals surface area contributed by atoms with E-state index >= 15 is 0 Å². The molecule has 1 amide bonds. The number of nitrogens with one attached hydrogen (secondary N) is 1. The molecule has 0 aliphatic carbocycles. The normalized spacial score (nSPS) is 11.2. The predicted octanol–water partition coefficient (Wildman–Crippen LogP) is 4.74. The Morgan fingerprint density at radius 2 is 1.73 bits per heavy atom. The maximum atomic E-state index is 12.7. The van der Waals surface area contributed by atoms with Crippen LogP contribution in [0.5, 0.6) is 0 Å². The number of nitrogens with zero attached hydrogens (tertiary/aromatic N) is 3. The Bertz CT molecular complexity index is 1290. The number of aryl methyl sites for hydroxylation is 3. The SMILES string of the molecule is CC(=O)Nc1ccc(C(=O)CSc2nnc3c(C)cc4cc(C)cc(C)c4n23)cc1. The first-order valence-corrected chi connectivity index (χ1v) is 10.6. The van der Waals surface area contributed by atoms with Gasteiger partial charge in [-0.2, -0.15) is 0 Å². The van der Waals surface area contributed by atoms with Crippen LogP contribution in [0.4, 0.5) is 5.69 Å². The molecule has 1 N–H and O–H groups in total. The van der Waals surface area contributed by atoms with Gasteiger partial charge in [0.25, 0.3) is 0 Å². The Hall–Kier alpha value is -3.19. The number of amides is 1. The van der Waals surface area contributed by atoms with Crippen molar-refractivity contribution in [2.45, 2.75) is 32.9 Å². The molecule has 0 atom stereocenters. The lowest BCUT2D eigenvalue weighted by Crippen LogP contribution is -2.07. The van der Waals surface area contributed by atoms with Gasteiger partial charge in [-0.1, -0.05) is 23.4 Å². The van der Waals surface area contributed by atoms with Crippen LogP contribution in [0.3, 0.4) is 0 Å². The van der Waals surface area contributed by atoms with Gasteiger partial charge >= 0.3 is 0 Å². The van der Waals surface area contributed by atoms with E-state index in [9.17, 15) is 9.59 Å². The smallest absolute Gasteiger partial charge is 0.221 e. The molecular weight excluding hydrogens is 396 g/mol. The Morgan fingerprint density at radius 1 is 1.00 bits per heavy atom. The van der Waals surface area contributed by atoms with Crippen LogP contribution in [0.1, 0.15) is 34.0 Å². The summed E-state index contributed by atoms with van der Waals surface area (Å²) < 4.78 is 2.05. The second kappa shape index (κ2) is 7.91. The highest BCUT2D eigenvalue weighted by molar-refractivity contribution is 7.99. The Balaban J connectivity index is 1.63. The number of carbonyl (C=O) groups excluding carboxylic acids is 2. The van der Waals surface area contributed by atoms with Crippen molar-refractivity contribution >= 4 is 45.7 Å². The monoisotopic (exact) mass is 418 g/mol. The molecule has 2 aromatic heterocycles. The van der Waals surface area contributed by atoms with E-state index in [2.05, 4.69) is 52.0 Å². The molecule has 0 fully saturated rings. The summed E-state index contributed by atoms with van der Waals surface area (Å²) in [5.74, 6) is 0.104. The van der Waals surface area contributed by atoms with Crippen LogP contribution in [0, 0.1) is 20.8 Å². The van der Waals surface area contributed by atoms with E-state index in [0.29, 0.717) is 16.4 Å². The van der Waals surface area contributed by atoms with E-state index in [1.807, 2.05) is 6.92 Å². The third-order valence-electron chi connectivity index (χ3n) is 4.92. The van der Waals surface area contributed by atoms with E-state index in [0.717, 1.165) is 27.7 Å². The van der Waals surface area contributed by atoms with Gasteiger partial charge < -0.3 is 5.32 Å². The number of aromatic nitrogens is 3. The number of anilines is 1. The number of pyridine rings is 1. The zero-order valence-corrected chi connectivity index (χ0v) is 18.1. The number of hydrogen-bond acceptors (Lipinski definition) is 5. The minimum Gasteiger partial charge on any atom is -0.326 e. The van der Waals surface area contributed by atoms with Crippen LogP contribution in [0.2, 0.25) is 0 Å². The lowest BCUT2D eigenvalue weighted by atomic mass is 10.1. The van der Waals surface area contributed by atoms with Gasteiger partial charge in [-0.15, -0.1) is 10.2 Å². The van der Waals surface area contributed by atoms with E-state index in [1.165, 1.54) is 24.2 Å². The fourth-order valence-electron chi connectivity index (χ4n) is 3.68. The fraction of sp³-hybridized carbons (Fsp3) is 0.217. The molecule has 152 valence electrons. The largest absolute Gasteiger partial charge is 0.326 e. The molecule has 30 heavy (non-hydrogen) atoms. The number of ketones is 1. The van der Waals surface area contributed by atoms with Crippen LogP contribution < -0.4 is 5.32 Å². The van der Waals surface area contributed by atoms with Crippen molar-refractivity contribution in [1.29, 1.82) is 0 Å². The van der Waals surface area contributed by atoms with E-state index in [1.54, 1.807) is 24.3 Å². The topological polar surface area (TPSA) is 76.4 Å². The molecule has 0 saturated heterocycles. The predicted molar refractivity (Wildman–Crippen MR) is 121 cm³/mol. The lowest BCUT2D eigenvalue weighted by molar-refractivity contribution is -0.114. The van der Waals surface area contributed by atoms with Gasteiger partial charge in [0, 0.05) is 18.2 Å². The average molecular weight is 419 g/mol. The molecule has 0 aliphatic rings. The molecule has 4 aromatic rings. The summed E-state index contributed by atoms with van der Waals surface area (Å²) in [6.45, 7) is 7.65. The van der Waals surface area contributed by atoms with Crippen LogP contribution in [0.25, 0.3) is 16.6 Å². The lowest BCUT2D eigenvalue weighted by Gasteiger charge is -2.10. The molecule has 4 rings (SSSR count). The quantitative estimate of drug-likeness (QED) is 0.374. The zero-order chi connectivity index (χ0) is 21.4. The fourth-order valence-corrected chi connectivity index (χ4v) is 4.51. The Kier molecular flexibility index (Phi) is 5.30. The van der Waals surface area contributed by atoms with Crippen molar-refractivity contribution in [2.75, 3.05) is 11.1 Å². The third-order valence-corrected chi connectivity index (χ3v) is 5.84. The molecule has 2 aromatic carbocycles. The molecule has 0 unspecified atom stereocenters.